The SMILES string of the molecule is CCCCN1CCC(OCC)CC1. The highest BCUT2D eigenvalue weighted by atomic mass is 16.5. The minimum absolute atomic E-state index is 0.544. The monoisotopic (exact) mass is 185 g/mol. The van der Waals surface area contributed by atoms with E-state index in [-0.39, 0.29) is 0 Å². The first-order valence-corrected chi connectivity index (χ1v) is 5.70. The van der Waals surface area contributed by atoms with Crippen molar-refractivity contribution >= 4 is 0 Å². The number of likely N-dealkylation sites (tertiary alicyclic amines) is 1. The molecule has 0 bridgehead atoms. The first-order valence-electron chi connectivity index (χ1n) is 5.70. The van der Waals surface area contributed by atoms with Gasteiger partial charge in [-0.2, -0.15) is 0 Å². The molecule has 0 unspecified atom stereocenters. The fraction of sp³-hybridized carbons (Fsp3) is 1.00. The van der Waals surface area contributed by atoms with E-state index in [1.54, 1.807) is 0 Å². The number of ether oxygens (including phenoxy) is 1. The van der Waals surface area contributed by atoms with E-state index >= 15 is 0 Å². The smallest absolute Gasteiger partial charge is 0.0599 e. The van der Waals surface area contributed by atoms with Crippen LogP contribution < -0.4 is 0 Å². The Hall–Kier alpha value is -0.0800. The second-order valence-corrected chi connectivity index (χ2v) is 3.85. The van der Waals surface area contributed by atoms with Gasteiger partial charge < -0.3 is 9.64 Å². The van der Waals surface area contributed by atoms with Crippen molar-refractivity contribution in [1.82, 2.24) is 4.90 Å². The van der Waals surface area contributed by atoms with Gasteiger partial charge in [-0.15, -0.1) is 0 Å². The quantitative estimate of drug-likeness (QED) is 0.651. The zero-order chi connectivity index (χ0) is 9.52. The van der Waals surface area contributed by atoms with Crippen molar-refractivity contribution in [2.45, 2.75) is 45.6 Å². The highest BCUT2D eigenvalue weighted by Gasteiger charge is 2.18. The largest absolute Gasteiger partial charge is 0.378 e. The van der Waals surface area contributed by atoms with Crippen molar-refractivity contribution in [3.05, 3.63) is 0 Å². The molecule has 0 N–H and O–H groups in total. The lowest BCUT2D eigenvalue weighted by atomic mass is 10.1. The molecule has 1 aliphatic rings. The van der Waals surface area contributed by atoms with E-state index in [0.29, 0.717) is 6.10 Å². The molecule has 2 heteroatoms. The molecule has 2 nitrogen and oxygen atoms in total. The second kappa shape index (κ2) is 6.39. The highest BCUT2D eigenvalue weighted by Crippen LogP contribution is 2.13. The maximum Gasteiger partial charge on any atom is 0.0599 e. The van der Waals surface area contributed by atoms with E-state index in [1.165, 1.54) is 45.3 Å². The van der Waals surface area contributed by atoms with Gasteiger partial charge in [-0.25, -0.2) is 0 Å². The van der Waals surface area contributed by atoms with E-state index in [2.05, 4.69) is 18.7 Å². The van der Waals surface area contributed by atoms with Gasteiger partial charge in [0.05, 0.1) is 6.10 Å². The Labute approximate surface area is 82.3 Å². The van der Waals surface area contributed by atoms with E-state index in [0.717, 1.165) is 6.61 Å². The van der Waals surface area contributed by atoms with Crippen LogP contribution in [-0.4, -0.2) is 37.2 Å². The summed E-state index contributed by atoms with van der Waals surface area (Å²) in [5, 5.41) is 0. The molecular weight excluding hydrogens is 162 g/mol. The third-order valence-electron chi connectivity index (χ3n) is 2.76. The van der Waals surface area contributed by atoms with Gasteiger partial charge in [-0.05, 0) is 32.7 Å². The summed E-state index contributed by atoms with van der Waals surface area (Å²) in [5.74, 6) is 0. The molecular formula is C11H23NO. The lowest BCUT2D eigenvalue weighted by molar-refractivity contribution is 0.0141. The first kappa shape index (κ1) is 11.0. The number of nitrogens with zero attached hydrogens (tertiary/aromatic N) is 1. The molecule has 0 aromatic carbocycles. The van der Waals surface area contributed by atoms with Gasteiger partial charge in [0.1, 0.15) is 0 Å². The van der Waals surface area contributed by atoms with Gasteiger partial charge in [-0.1, -0.05) is 13.3 Å². The van der Waals surface area contributed by atoms with Gasteiger partial charge in [0, 0.05) is 19.7 Å². The molecule has 0 atom stereocenters. The van der Waals surface area contributed by atoms with Crippen LogP contribution in [0, 0.1) is 0 Å². The Bertz CT molecular complexity index is 119. The molecule has 1 aliphatic heterocycles. The molecule has 1 heterocycles. The average Bonchev–Trinajstić information content (AvgIpc) is 2.17. The predicted molar refractivity (Wildman–Crippen MR) is 56.0 cm³/mol. The standard InChI is InChI=1S/C11H23NO/c1-3-5-8-12-9-6-11(7-10-12)13-4-2/h11H,3-10H2,1-2H3. The summed E-state index contributed by atoms with van der Waals surface area (Å²) in [7, 11) is 0. The maximum atomic E-state index is 5.61. The third kappa shape index (κ3) is 4.10. The summed E-state index contributed by atoms with van der Waals surface area (Å²) in [6, 6.07) is 0. The number of unbranched alkanes of at least 4 members (excludes halogenated alkanes) is 1. The predicted octanol–water partition coefficient (Wildman–Crippen LogP) is 2.29. The van der Waals surface area contributed by atoms with Crippen LogP contribution in [0.3, 0.4) is 0 Å². The molecule has 1 fully saturated rings. The van der Waals surface area contributed by atoms with Crippen LogP contribution in [0.25, 0.3) is 0 Å². The lowest BCUT2D eigenvalue weighted by Gasteiger charge is -2.31. The Morgan fingerprint density at radius 2 is 1.92 bits per heavy atom. The van der Waals surface area contributed by atoms with Crippen molar-refractivity contribution in [3.8, 4) is 0 Å². The van der Waals surface area contributed by atoms with Crippen LogP contribution in [0.4, 0.5) is 0 Å². The van der Waals surface area contributed by atoms with Gasteiger partial charge in [0.2, 0.25) is 0 Å². The van der Waals surface area contributed by atoms with Crippen molar-refractivity contribution in [2.24, 2.45) is 0 Å². The van der Waals surface area contributed by atoms with Crippen LogP contribution in [-0.2, 0) is 4.74 Å². The summed E-state index contributed by atoms with van der Waals surface area (Å²) in [6.07, 6.45) is 5.67. The number of piperidine rings is 1. The Kier molecular flexibility index (Phi) is 5.40. The van der Waals surface area contributed by atoms with E-state index in [4.69, 9.17) is 4.74 Å². The fourth-order valence-electron chi connectivity index (χ4n) is 1.92. The summed E-state index contributed by atoms with van der Waals surface area (Å²) < 4.78 is 5.61. The van der Waals surface area contributed by atoms with Gasteiger partial charge >= 0.3 is 0 Å². The zero-order valence-electron chi connectivity index (χ0n) is 9.09. The third-order valence-corrected chi connectivity index (χ3v) is 2.76. The number of hydrogen-bond donors (Lipinski definition) is 0. The molecule has 0 aliphatic carbocycles. The van der Waals surface area contributed by atoms with Crippen molar-refractivity contribution in [1.29, 1.82) is 0 Å². The summed E-state index contributed by atoms with van der Waals surface area (Å²) in [6.45, 7) is 8.99. The van der Waals surface area contributed by atoms with Crippen LogP contribution >= 0.6 is 0 Å². The second-order valence-electron chi connectivity index (χ2n) is 3.85. The van der Waals surface area contributed by atoms with Crippen LogP contribution in [0.2, 0.25) is 0 Å². The number of rotatable bonds is 5. The molecule has 0 spiro atoms. The summed E-state index contributed by atoms with van der Waals surface area (Å²) >= 11 is 0. The molecule has 13 heavy (non-hydrogen) atoms. The molecule has 78 valence electrons. The first-order chi connectivity index (χ1) is 6.36. The highest BCUT2D eigenvalue weighted by molar-refractivity contribution is 4.72. The van der Waals surface area contributed by atoms with Gasteiger partial charge in [0.15, 0.2) is 0 Å². The Morgan fingerprint density at radius 1 is 1.23 bits per heavy atom. The van der Waals surface area contributed by atoms with Crippen molar-refractivity contribution in [2.75, 3.05) is 26.2 Å². The van der Waals surface area contributed by atoms with Crippen molar-refractivity contribution in [3.63, 3.8) is 0 Å². The molecule has 0 amide bonds. The van der Waals surface area contributed by atoms with Gasteiger partial charge in [0.25, 0.3) is 0 Å². The normalized spacial score (nSPS) is 20.8. The fourth-order valence-corrected chi connectivity index (χ4v) is 1.92. The average molecular weight is 185 g/mol. The molecule has 1 saturated heterocycles. The molecule has 0 radical (unpaired) electrons. The summed E-state index contributed by atoms with van der Waals surface area (Å²) in [5.41, 5.74) is 0. The van der Waals surface area contributed by atoms with Crippen LogP contribution in [0.15, 0.2) is 0 Å². The minimum atomic E-state index is 0.544. The Morgan fingerprint density at radius 3 is 2.46 bits per heavy atom. The van der Waals surface area contributed by atoms with Crippen LogP contribution in [0.1, 0.15) is 39.5 Å². The van der Waals surface area contributed by atoms with E-state index < -0.39 is 0 Å². The zero-order valence-corrected chi connectivity index (χ0v) is 9.09. The molecule has 0 aromatic heterocycles. The number of hydrogen-bond acceptors (Lipinski definition) is 2. The summed E-state index contributed by atoms with van der Waals surface area (Å²) in [4.78, 5) is 2.57. The topological polar surface area (TPSA) is 12.5 Å². The molecule has 1 rings (SSSR count). The van der Waals surface area contributed by atoms with Crippen molar-refractivity contribution < 1.29 is 4.74 Å². The molecule has 0 aromatic rings. The molecule has 0 saturated carbocycles. The van der Waals surface area contributed by atoms with E-state index in [1.807, 2.05) is 0 Å². The maximum absolute atomic E-state index is 5.61. The van der Waals surface area contributed by atoms with Crippen LogP contribution in [0.5, 0.6) is 0 Å². The Balaban J connectivity index is 2.08. The van der Waals surface area contributed by atoms with E-state index in [9.17, 15) is 0 Å². The minimum Gasteiger partial charge on any atom is -0.378 e. The lowest BCUT2D eigenvalue weighted by Crippen LogP contribution is -2.37. The van der Waals surface area contributed by atoms with Gasteiger partial charge in [-0.3, -0.25) is 0 Å².